The molecule has 0 radical (unpaired) electrons. The topological polar surface area (TPSA) is 28.2 Å². The summed E-state index contributed by atoms with van der Waals surface area (Å²) in [6, 6.07) is 2.62. The van der Waals surface area contributed by atoms with Crippen LogP contribution in [-0.2, 0) is 6.54 Å². The highest BCUT2D eigenvalue weighted by Gasteiger charge is 2.41. The quantitative estimate of drug-likeness (QED) is 0.907. The largest absolute Gasteiger partial charge is 0.311 e. The molecule has 1 N–H and O–H groups in total. The van der Waals surface area contributed by atoms with E-state index in [1.165, 1.54) is 37.7 Å². The molecule has 0 bridgehead atoms. The molecule has 3 nitrogen and oxygen atoms in total. The number of pyridine rings is 1. The molecule has 1 aromatic rings. The van der Waals surface area contributed by atoms with Crippen molar-refractivity contribution in [2.75, 3.05) is 13.1 Å². The second kappa shape index (κ2) is 6.00. The lowest BCUT2D eigenvalue weighted by Crippen LogP contribution is -2.64. The van der Waals surface area contributed by atoms with Gasteiger partial charge < -0.3 is 5.32 Å². The first kappa shape index (κ1) is 14.3. The van der Waals surface area contributed by atoms with Crippen LogP contribution in [0.15, 0.2) is 18.5 Å². The fourth-order valence-electron chi connectivity index (χ4n) is 3.74. The molecular formula is C16H24ClN3. The average molecular weight is 294 g/mol. The molecule has 0 aromatic carbocycles. The van der Waals surface area contributed by atoms with Crippen molar-refractivity contribution in [3.63, 3.8) is 0 Å². The lowest BCUT2D eigenvalue weighted by Gasteiger charge is -2.51. The van der Waals surface area contributed by atoms with Crippen LogP contribution in [0.2, 0.25) is 5.02 Å². The number of aromatic nitrogens is 1. The van der Waals surface area contributed by atoms with Gasteiger partial charge in [-0.3, -0.25) is 9.88 Å². The van der Waals surface area contributed by atoms with E-state index in [-0.39, 0.29) is 0 Å². The van der Waals surface area contributed by atoms with Gasteiger partial charge in [-0.15, -0.1) is 0 Å². The van der Waals surface area contributed by atoms with Gasteiger partial charge in [0.1, 0.15) is 0 Å². The fourth-order valence-corrected chi connectivity index (χ4v) is 3.92. The summed E-state index contributed by atoms with van der Waals surface area (Å²) in [6.07, 6.45) is 10.3. The molecule has 1 saturated carbocycles. The predicted octanol–water partition coefficient (Wildman–Crippen LogP) is 3.23. The summed E-state index contributed by atoms with van der Waals surface area (Å²) >= 11 is 6.30. The molecule has 4 heteroatoms. The molecule has 1 unspecified atom stereocenters. The summed E-state index contributed by atoms with van der Waals surface area (Å²) in [5.74, 6) is 0. The molecule has 1 aromatic heterocycles. The zero-order valence-electron chi connectivity index (χ0n) is 12.2. The maximum absolute atomic E-state index is 6.30. The van der Waals surface area contributed by atoms with Crippen molar-refractivity contribution in [1.82, 2.24) is 15.2 Å². The maximum atomic E-state index is 6.30. The van der Waals surface area contributed by atoms with Crippen molar-refractivity contribution < 1.29 is 0 Å². The van der Waals surface area contributed by atoms with E-state index in [9.17, 15) is 0 Å². The Morgan fingerprint density at radius 1 is 1.40 bits per heavy atom. The third kappa shape index (κ3) is 2.85. The van der Waals surface area contributed by atoms with Crippen molar-refractivity contribution in [3.8, 4) is 0 Å². The Kier molecular flexibility index (Phi) is 4.29. The summed E-state index contributed by atoms with van der Waals surface area (Å²) in [6.45, 7) is 5.46. The SMILES string of the molecule is CC1CN(Cc2ccncc2Cl)C2(CCCCC2)CN1. The summed E-state index contributed by atoms with van der Waals surface area (Å²) in [4.78, 5) is 6.77. The zero-order chi connectivity index (χ0) is 14.0. The maximum Gasteiger partial charge on any atom is 0.0634 e. The number of nitrogens with zero attached hydrogens (tertiary/aromatic N) is 2. The molecule has 3 rings (SSSR count). The molecule has 1 aliphatic carbocycles. The van der Waals surface area contributed by atoms with Gasteiger partial charge in [0.25, 0.3) is 0 Å². The van der Waals surface area contributed by atoms with Gasteiger partial charge in [-0.05, 0) is 31.4 Å². The van der Waals surface area contributed by atoms with Crippen LogP contribution in [0.5, 0.6) is 0 Å². The number of piperazine rings is 1. The minimum Gasteiger partial charge on any atom is -0.311 e. The van der Waals surface area contributed by atoms with Crippen molar-refractivity contribution in [2.45, 2.75) is 57.2 Å². The van der Waals surface area contributed by atoms with E-state index in [0.717, 1.165) is 24.7 Å². The van der Waals surface area contributed by atoms with Crippen LogP contribution in [0.3, 0.4) is 0 Å². The third-order valence-corrected chi connectivity index (χ3v) is 5.29. The molecule has 1 aliphatic heterocycles. The van der Waals surface area contributed by atoms with Gasteiger partial charge in [0.15, 0.2) is 0 Å². The number of nitrogens with one attached hydrogen (secondary N) is 1. The first-order chi connectivity index (χ1) is 9.70. The molecule has 2 heterocycles. The molecule has 2 aliphatic rings. The molecule has 20 heavy (non-hydrogen) atoms. The normalized spacial score (nSPS) is 26.8. The Morgan fingerprint density at radius 3 is 2.95 bits per heavy atom. The van der Waals surface area contributed by atoms with Gasteiger partial charge in [-0.2, -0.15) is 0 Å². The fraction of sp³-hybridized carbons (Fsp3) is 0.688. The Morgan fingerprint density at radius 2 is 2.20 bits per heavy atom. The van der Waals surface area contributed by atoms with Crippen LogP contribution in [0.4, 0.5) is 0 Å². The van der Waals surface area contributed by atoms with Crippen molar-refractivity contribution >= 4 is 11.6 Å². The van der Waals surface area contributed by atoms with Crippen molar-refractivity contribution in [3.05, 3.63) is 29.0 Å². The first-order valence-corrected chi connectivity index (χ1v) is 8.14. The van der Waals surface area contributed by atoms with Gasteiger partial charge in [-0.25, -0.2) is 0 Å². The van der Waals surface area contributed by atoms with Gasteiger partial charge in [0.05, 0.1) is 5.02 Å². The molecular weight excluding hydrogens is 270 g/mol. The molecule has 2 fully saturated rings. The number of hydrogen-bond donors (Lipinski definition) is 1. The highest BCUT2D eigenvalue weighted by atomic mass is 35.5. The van der Waals surface area contributed by atoms with Crippen LogP contribution in [-0.4, -0.2) is 34.6 Å². The summed E-state index contributed by atoms with van der Waals surface area (Å²) in [5, 5.41) is 4.48. The summed E-state index contributed by atoms with van der Waals surface area (Å²) in [7, 11) is 0. The highest BCUT2D eigenvalue weighted by molar-refractivity contribution is 6.31. The van der Waals surface area contributed by atoms with Crippen LogP contribution < -0.4 is 5.32 Å². The molecule has 1 atom stereocenters. The molecule has 1 spiro atoms. The van der Waals surface area contributed by atoms with Gasteiger partial charge in [-0.1, -0.05) is 30.9 Å². The van der Waals surface area contributed by atoms with E-state index in [1.54, 1.807) is 6.20 Å². The standard InChI is InChI=1S/C16H24ClN3/c1-13-10-20(11-14-5-8-18-9-15(14)17)16(12-19-13)6-3-2-4-7-16/h5,8-9,13,19H,2-4,6-7,10-12H2,1H3. The monoisotopic (exact) mass is 293 g/mol. The zero-order valence-corrected chi connectivity index (χ0v) is 13.0. The minimum absolute atomic E-state index is 0.345. The first-order valence-electron chi connectivity index (χ1n) is 7.76. The Balaban J connectivity index is 1.81. The van der Waals surface area contributed by atoms with Crippen molar-refractivity contribution in [1.29, 1.82) is 0 Å². The van der Waals surface area contributed by atoms with Gasteiger partial charge in [0, 0.05) is 43.6 Å². The number of rotatable bonds is 2. The second-order valence-electron chi connectivity index (χ2n) is 6.41. The molecule has 110 valence electrons. The Bertz CT molecular complexity index is 457. The van der Waals surface area contributed by atoms with E-state index < -0.39 is 0 Å². The number of hydrogen-bond acceptors (Lipinski definition) is 3. The van der Waals surface area contributed by atoms with Crippen molar-refractivity contribution in [2.24, 2.45) is 0 Å². The Labute approximate surface area is 126 Å². The predicted molar refractivity (Wildman–Crippen MR) is 82.9 cm³/mol. The Hall–Kier alpha value is -0.640. The lowest BCUT2D eigenvalue weighted by molar-refractivity contribution is 0.00618. The van der Waals surface area contributed by atoms with E-state index in [1.807, 2.05) is 6.20 Å². The van der Waals surface area contributed by atoms with Gasteiger partial charge in [0.2, 0.25) is 0 Å². The summed E-state index contributed by atoms with van der Waals surface area (Å²) < 4.78 is 0. The van der Waals surface area contributed by atoms with Crippen LogP contribution in [0.25, 0.3) is 0 Å². The number of halogens is 1. The van der Waals surface area contributed by atoms with E-state index in [2.05, 4.69) is 28.2 Å². The average Bonchev–Trinajstić information content (AvgIpc) is 2.47. The van der Waals surface area contributed by atoms with Crippen LogP contribution in [0.1, 0.15) is 44.6 Å². The summed E-state index contributed by atoms with van der Waals surface area (Å²) in [5.41, 5.74) is 1.55. The van der Waals surface area contributed by atoms with Crippen LogP contribution in [0, 0.1) is 0 Å². The molecule has 0 amide bonds. The third-order valence-electron chi connectivity index (χ3n) is 4.95. The van der Waals surface area contributed by atoms with Crippen LogP contribution >= 0.6 is 11.6 Å². The van der Waals surface area contributed by atoms with E-state index in [0.29, 0.717) is 11.6 Å². The second-order valence-corrected chi connectivity index (χ2v) is 6.82. The van der Waals surface area contributed by atoms with E-state index in [4.69, 9.17) is 11.6 Å². The lowest BCUT2D eigenvalue weighted by atomic mass is 9.78. The molecule has 1 saturated heterocycles. The van der Waals surface area contributed by atoms with Gasteiger partial charge >= 0.3 is 0 Å². The van der Waals surface area contributed by atoms with E-state index >= 15 is 0 Å². The minimum atomic E-state index is 0.345. The smallest absolute Gasteiger partial charge is 0.0634 e. The highest BCUT2D eigenvalue weighted by Crippen LogP contribution is 2.36.